The van der Waals surface area contributed by atoms with Crippen molar-refractivity contribution in [2.45, 2.75) is 11.8 Å². The van der Waals surface area contributed by atoms with Gasteiger partial charge in [-0.15, -0.1) is 0 Å². The van der Waals surface area contributed by atoms with Gasteiger partial charge in [-0.1, -0.05) is 12.1 Å². The molecular formula is C10H10N2OS. The molecular weight excluding hydrogens is 196 g/mol. The largest absolute Gasteiger partial charge is 0.352 e. The molecule has 0 heterocycles. The van der Waals surface area contributed by atoms with Gasteiger partial charge in [-0.05, 0) is 30.8 Å². The summed E-state index contributed by atoms with van der Waals surface area (Å²) in [5.74, 6) is -0.133. The number of amides is 1. The summed E-state index contributed by atoms with van der Waals surface area (Å²) in [4.78, 5) is 12.2. The van der Waals surface area contributed by atoms with Gasteiger partial charge >= 0.3 is 0 Å². The topological polar surface area (TPSA) is 52.9 Å². The molecule has 0 saturated carbocycles. The highest BCUT2D eigenvalue weighted by molar-refractivity contribution is 8.03. The van der Waals surface area contributed by atoms with Crippen molar-refractivity contribution in [1.82, 2.24) is 5.32 Å². The molecule has 0 radical (unpaired) electrons. The van der Waals surface area contributed by atoms with Crippen LogP contribution in [-0.4, -0.2) is 12.5 Å². The number of nitrogens with zero attached hydrogens (tertiary/aromatic N) is 1. The SMILES string of the molecule is CCNC(=O)c1ccccc1SC#N. The van der Waals surface area contributed by atoms with E-state index in [4.69, 9.17) is 5.26 Å². The number of hydrogen-bond acceptors (Lipinski definition) is 3. The molecule has 0 aliphatic carbocycles. The highest BCUT2D eigenvalue weighted by Gasteiger charge is 2.09. The van der Waals surface area contributed by atoms with E-state index >= 15 is 0 Å². The summed E-state index contributed by atoms with van der Waals surface area (Å²) >= 11 is 1.00. The average Bonchev–Trinajstić information content (AvgIpc) is 2.19. The number of thioether (sulfide) groups is 1. The van der Waals surface area contributed by atoms with Gasteiger partial charge in [0.25, 0.3) is 5.91 Å². The smallest absolute Gasteiger partial charge is 0.252 e. The van der Waals surface area contributed by atoms with Crippen molar-refractivity contribution in [3.05, 3.63) is 29.8 Å². The van der Waals surface area contributed by atoms with Crippen molar-refractivity contribution in [2.24, 2.45) is 0 Å². The van der Waals surface area contributed by atoms with E-state index in [0.717, 1.165) is 11.8 Å². The van der Waals surface area contributed by atoms with Crippen LogP contribution in [-0.2, 0) is 0 Å². The summed E-state index contributed by atoms with van der Waals surface area (Å²) in [6.45, 7) is 2.45. The summed E-state index contributed by atoms with van der Waals surface area (Å²) < 4.78 is 0. The number of rotatable bonds is 3. The maximum absolute atomic E-state index is 11.5. The molecule has 1 aromatic rings. The molecule has 0 aromatic heterocycles. The number of thiocyanates is 1. The van der Waals surface area contributed by atoms with Gasteiger partial charge in [-0.2, -0.15) is 5.26 Å². The number of nitrogens with one attached hydrogen (secondary N) is 1. The highest BCUT2D eigenvalue weighted by atomic mass is 32.2. The molecule has 14 heavy (non-hydrogen) atoms. The average molecular weight is 206 g/mol. The Labute approximate surface area is 87.1 Å². The Morgan fingerprint density at radius 3 is 2.93 bits per heavy atom. The Balaban J connectivity index is 2.95. The Morgan fingerprint density at radius 2 is 2.29 bits per heavy atom. The second kappa shape index (κ2) is 5.30. The van der Waals surface area contributed by atoms with Crippen molar-refractivity contribution in [3.8, 4) is 5.40 Å². The lowest BCUT2D eigenvalue weighted by molar-refractivity contribution is 0.0953. The van der Waals surface area contributed by atoms with Gasteiger partial charge < -0.3 is 5.32 Å². The molecule has 1 aromatic carbocycles. The van der Waals surface area contributed by atoms with Gasteiger partial charge in [0.15, 0.2) is 0 Å². The van der Waals surface area contributed by atoms with Crippen LogP contribution in [0.25, 0.3) is 0 Å². The van der Waals surface area contributed by atoms with Crippen LogP contribution in [0.2, 0.25) is 0 Å². The van der Waals surface area contributed by atoms with Gasteiger partial charge in [0.05, 0.1) is 5.56 Å². The molecule has 72 valence electrons. The van der Waals surface area contributed by atoms with E-state index in [0.29, 0.717) is 17.0 Å². The van der Waals surface area contributed by atoms with E-state index in [9.17, 15) is 4.79 Å². The van der Waals surface area contributed by atoms with Crippen LogP contribution in [0.1, 0.15) is 17.3 Å². The Morgan fingerprint density at radius 1 is 1.57 bits per heavy atom. The third kappa shape index (κ3) is 2.51. The third-order valence-corrected chi connectivity index (χ3v) is 2.29. The molecule has 0 aliphatic heterocycles. The lowest BCUT2D eigenvalue weighted by Crippen LogP contribution is -2.23. The van der Waals surface area contributed by atoms with Crippen LogP contribution < -0.4 is 5.32 Å². The van der Waals surface area contributed by atoms with E-state index in [1.807, 2.05) is 18.4 Å². The van der Waals surface area contributed by atoms with E-state index < -0.39 is 0 Å². The van der Waals surface area contributed by atoms with Crippen LogP contribution in [0.3, 0.4) is 0 Å². The fourth-order valence-corrected chi connectivity index (χ4v) is 1.56. The number of hydrogen-bond donors (Lipinski definition) is 1. The van der Waals surface area contributed by atoms with Gasteiger partial charge in [0.1, 0.15) is 5.40 Å². The zero-order valence-corrected chi connectivity index (χ0v) is 8.60. The van der Waals surface area contributed by atoms with Gasteiger partial charge in [-0.25, -0.2) is 0 Å². The van der Waals surface area contributed by atoms with Gasteiger partial charge in [0, 0.05) is 11.4 Å². The molecule has 0 fully saturated rings. The molecule has 3 nitrogen and oxygen atoms in total. The molecule has 0 aliphatic rings. The number of nitriles is 1. The Kier molecular flexibility index (Phi) is 4.02. The van der Waals surface area contributed by atoms with E-state index in [1.165, 1.54) is 0 Å². The third-order valence-electron chi connectivity index (χ3n) is 1.62. The van der Waals surface area contributed by atoms with E-state index in [-0.39, 0.29) is 5.91 Å². The molecule has 0 saturated heterocycles. The second-order valence-corrected chi connectivity index (χ2v) is 3.38. The second-order valence-electron chi connectivity index (χ2n) is 2.55. The molecule has 1 rings (SSSR count). The zero-order valence-electron chi connectivity index (χ0n) is 7.78. The molecule has 0 spiro atoms. The Bertz CT molecular complexity index is 371. The van der Waals surface area contributed by atoms with Crippen LogP contribution >= 0.6 is 11.8 Å². The first kappa shape index (κ1) is 10.6. The first-order valence-corrected chi connectivity index (χ1v) is 5.04. The van der Waals surface area contributed by atoms with Crippen molar-refractivity contribution in [1.29, 1.82) is 5.26 Å². The summed E-state index contributed by atoms with van der Waals surface area (Å²) in [6.07, 6.45) is 0. The summed E-state index contributed by atoms with van der Waals surface area (Å²) in [7, 11) is 0. The zero-order chi connectivity index (χ0) is 10.4. The monoisotopic (exact) mass is 206 g/mol. The highest BCUT2D eigenvalue weighted by Crippen LogP contribution is 2.21. The number of carbonyl (C=O) groups excluding carboxylic acids is 1. The van der Waals surface area contributed by atoms with Crippen LogP contribution in [0.4, 0.5) is 0 Å². The normalized spacial score (nSPS) is 9.14. The number of carbonyl (C=O) groups is 1. The van der Waals surface area contributed by atoms with Crippen LogP contribution in [0.5, 0.6) is 0 Å². The van der Waals surface area contributed by atoms with E-state index in [2.05, 4.69) is 5.32 Å². The lowest BCUT2D eigenvalue weighted by atomic mass is 10.2. The molecule has 0 atom stereocenters. The number of benzene rings is 1. The fourth-order valence-electron chi connectivity index (χ4n) is 1.05. The van der Waals surface area contributed by atoms with Crippen molar-refractivity contribution < 1.29 is 4.79 Å². The molecule has 0 unspecified atom stereocenters. The maximum atomic E-state index is 11.5. The Hall–Kier alpha value is -1.47. The van der Waals surface area contributed by atoms with Crippen molar-refractivity contribution in [2.75, 3.05) is 6.54 Å². The first-order chi connectivity index (χ1) is 6.79. The van der Waals surface area contributed by atoms with Crippen molar-refractivity contribution in [3.63, 3.8) is 0 Å². The maximum Gasteiger partial charge on any atom is 0.252 e. The summed E-state index contributed by atoms with van der Waals surface area (Å²) in [5, 5.41) is 13.2. The minimum atomic E-state index is -0.133. The summed E-state index contributed by atoms with van der Waals surface area (Å²) in [5.41, 5.74) is 0.556. The quantitative estimate of drug-likeness (QED) is 0.608. The lowest BCUT2D eigenvalue weighted by Gasteiger charge is -2.04. The molecule has 1 N–H and O–H groups in total. The van der Waals surface area contributed by atoms with Crippen LogP contribution in [0, 0.1) is 10.7 Å². The minimum Gasteiger partial charge on any atom is -0.352 e. The summed E-state index contributed by atoms with van der Waals surface area (Å²) in [6, 6.07) is 7.07. The molecule has 0 bridgehead atoms. The standard InChI is InChI=1S/C10H10N2OS/c1-2-12-10(13)8-5-3-4-6-9(8)14-7-11/h3-6H,2H2,1H3,(H,12,13). The predicted molar refractivity (Wildman–Crippen MR) is 55.9 cm³/mol. The predicted octanol–water partition coefficient (Wildman–Crippen LogP) is 2.01. The van der Waals surface area contributed by atoms with Gasteiger partial charge in [0.2, 0.25) is 0 Å². The van der Waals surface area contributed by atoms with E-state index in [1.54, 1.807) is 18.2 Å². The van der Waals surface area contributed by atoms with Gasteiger partial charge in [-0.3, -0.25) is 4.79 Å². The minimum absolute atomic E-state index is 0.133. The van der Waals surface area contributed by atoms with Crippen LogP contribution in [0.15, 0.2) is 29.2 Å². The fraction of sp³-hybridized carbons (Fsp3) is 0.200. The molecule has 4 heteroatoms. The van der Waals surface area contributed by atoms with Crippen molar-refractivity contribution >= 4 is 17.7 Å². The molecule has 1 amide bonds. The first-order valence-electron chi connectivity index (χ1n) is 4.22.